The molecule has 34 heavy (non-hydrogen) atoms. The van der Waals surface area contributed by atoms with Crippen molar-refractivity contribution in [2.45, 2.75) is 37.8 Å². The SMILES string of the molecule is COC(=O)[C@@]12CCCCN1[C@H](c1ccc(-c3ccc(C(C)=O)cc3)cc1)[C@H]1C(=O)N(C)C(=O)[C@H]12. The first kappa shape index (κ1) is 22.5. The van der Waals surface area contributed by atoms with Crippen molar-refractivity contribution in [1.29, 1.82) is 0 Å². The quantitative estimate of drug-likeness (QED) is 0.396. The van der Waals surface area contributed by atoms with Gasteiger partial charge in [-0.3, -0.25) is 29.0 Å². The van der Waals surface area contributed by atoms with Crippen LogP contribution in [0.3, 0.4) is 0 Å². The summed E-state index contributed by atoms with van der Waals surface area (Å²) in [6.07, 6.45) is 2.21. The highest BCUT2D eigenvalue weighted by Crippen LogP contribution is 2.58. The lowest BCUT2D eigenvalue weighted by Gasteiger charge is -2.44. The van der Waals surface area contributed by atoms with Gasteiger partial charge in [0.15, 0.2) is 5.78 Å². The van der Waals surface area contributed by atoms with Crippen molar-refractivity contribution in [3.63, 3.8) is 0 Å². The van der Waals surface area contributed by atoms with E-state index in [0.717, 1.165) is 29.5 Å². The highest BCUT2D eigenvalue weighted by molar-refractivity contribution is 6.09. The van der Waals surface area contributed by atoms with Crippen molar-refractivity contribution in [2.24, 2.45) is 11.8 Å². The molecule has 2 amide bonds. The first-order valence-electron chi connectivity index (χ1n) is 11.7. The van der Waals surface area contributed by atoms with E-state index >= 15 is 0 Å². The van der Waals surface area contributed by atoms with E-state index in [1.807, 2.05) is 48.5 Å². The number of esters is 1. The average Bonchev–Trinajstić information content (AvgIpc) is 3.30. The van der Waals surface area contributed by atoms with Gasteiger partial charge in [-0.05, 0) is 49.4 Å². The molecule has 3 aliphatic rings. The number of benzene rings is 2. The number of imide groups is 1. The van der Waals surface area contributed by atoms with Crippen LogP contribution in [0.4, 0.5) is 0 Å². The van der Waals surface area contributed by atoms with Crippen LogP contribution in [0, 0.1) is 11.8 Å². The first-order valence-corrected chi connectivity index (χ1v) is 11.7. The summed E-state index contributed by atoms with van der Waals surface area (Å²) in [6.45, 7) is 2.17. The monoisotopic (exact) mass is 460 g/mol. The lowest BCUT2D eigenvalue weighted by Crippen LogP contribution is -2.59. The molecule has 0 N–H and O–H groups in total. The second kappa shape index (κ2) is 8.17. The number of hydrogen-bond acceptors (Lipinski definition) is 6. The van der Waals surface area contributed by atoms with Crippen molar-refractivity contribution in [2.75, 3.05) is 20.7 Å². The molecule has 3 fully saturated rings. The van der Waals surface area contributed by atoms with Gasteiger partial charge < -0.3 is 4.74 Å². The Labute approximate surface area is 198 Å². The second-order valence-corrected chi connectivity index (χ2v) is 9.51. The van der Waals surface area contributed by atoms with E-state index in [1.165, 1.54) is 19.1 Å². The Morgan fingerprint density at radius 1 is 0.941 bits per heavy atom. The fraction of sp³-hybridized carbons (Fsp3) is 0.407. The number of methoxy groups -OCH3 is 1. The Morgan fingerprint density at radius 2 is 1.56 bits per heavy atom. The van der Waals surface area contributed by atoms with Gasteiger partial charge in [-0.1, -0.05) is 48.5 Å². The molecule has 176 valence electrons. The molecule has 7 heteroatoms. The van der Waals surface area contributed by atoms with Crippen LogP contribution in [0.2, 0.25) is 0 Å². The van der Waals surface area contributed by atoms with Gasteiger partial charge in [-0.25, -0.2) is 0 Å². The summed E-state index contributed by atoms with van der Waals surface area (Å²) < 4.78 is 5.22. The number of ketones is 1. The Morgan fingerprint density at radius 3 is 2.15 bits per heavy atom. The van der Waals surface area contributed by atoms with Crippen LogP contribution in [0.25, 0.3) is 11.1 Å². The van der Waals surface area contributed by atoms with Crippen LogP contribution in [0.15, 0.2) is 48.5 Å². The van der Waals surface area contributed by atoms with E-state index in [9.17, 15) is 19.2 Å². The zero-order valence-electron chi connectivity index (χ0n) is 19.6. The van der Waals surface area contributed by atoms with Gasteiger partial charge in [0.25, 0.3) is 0 Å². The van der Waals surface area contributed by atoms with Crippen LogP contribution in [-0.4, -0.2) is 59.6 Å². The molecule has 3 heterocycles. The van der Waals surface area contributed by atoms with E-state index in [2.05, 4.69) is 4.90 Å². The topological polar surface area (TPSA) is 84.0 Å². The van der Waals surface area contributed by atoms with Crippen molar-refractivity contribution < 1.29 is 23.9 Å². The Hall–Kier alpha value is -3.32. The predicted molar refractivity (Wildman–Crippen MR) is 125 cm³/mol. The number of Topliss-reactive ketones (excluding diaryl/α,β-unsaturated/α-hetero) is 1. The number of amides is 2. The number of carbonyl (C=O) groups is 4. The van der Waals surface area contributed by atoms with Crippen molar-refractivity contribution in [3.8, 4) is 11.1 Å². The first-order chi connectivity index (χ1) is 16.3. The predicted octanol–water partition coefficient (Wildman–Crippen LogP) is 3.24. The molecule has 0 aliphatic carbocycles. The minimum absolute atomic E-state index is 0.0223. The summed E-state index contributed by atoms with van der Waals surface area (Å²) in [7, 11) is 2.86. The molecule has 3 saturated heterocycles. The molecule has 0 radical (unpaired) electrons. The lowest BCUT2D eigenvalue weighted by atomic mass is 9.75. The summed E-state index contributed by atoms with van der Waals surface area (Å²) in [5.41, 5.74) is 2.42. The molecular weight excluding hydrogens is 432 g/mol. The summed E-state index contributed by atoms with van der Waals surface area (Å²) in [5, 5.41) is 0. The van der Waals surface area contributed by atoms with Crippen LogP contribution < -0.4 is 0 Å². The van der Waals surface area contributed by atoms with Gasteiger partial charge in [0.1, 0.15) is 5.54 Å². The number of ether oxygens (including phenoxy) is 1. The number of nitrogens with zero attached hydrogens (tertiary/aromatic N) is 2. The Balaban J connectivity index is 1.56. The highest BCUT2D eigenvalue weighted by Gasteiger charge is 2.72. The van der Waals surface area contributed by atoms with E-state index in [-0.39, 0.29) is 23.6 Å². The van der Waals surface area contributed by atoms with Crippen LogP contribution >= 0.6 is 0 Å². The van der Waals surface area contributed by atoms with Gasteiger partial charge >= 0.3 is 5.97 Å². The molecule has 2 aromatic carbocycles. The Bertz CT molecular complexity index is 1170. The second-order valence-electron chi connectivity index (χ2n) is 9.51. The third-order valence-electron chi connectivity index (χ3n) is 7.90. The summed E-state index contributed by atoms with van der Waals surface area (Å²) >= 11 is 0. The fourth-order valence-corrected chi connectivity index (χ4v) is 6.27. The molecule has 0 aromatic heterocycles. The third-order valence-corrected chi connectivity index (χ3v) is 7.90. The highest BCUT2D eigenvalue weighted by atomic mass is 16.5. The number of likely N-dealkylation sites (tertiary alicyclic amines) is 1. The maximum atomic E-state index is 13.3. The molecular formula is C27H28N2O5. The molecule has 0 saturated carbocycles. The molecule has 3 aliphatic heterocycles. The van der Waals surface area contributed by atoms with Gasteiger partial charge in [-0.2, -0.15) is 0 Å². The van der Waals surface area contributed by atoms with Crippen molar-refractivity contribution in [3.05, 3.63) is 59.7 Å². The average molecular weight is 461 g/mol. The maximum Gasteiger partial charge on any atom is 0.327 e. The van der Waals surface area contributed by atoms with Gasteiger partial charge in [0, 0.05) is 18.7 Å². The fourth-order valence-electron chi connectivity index (χ4n) is 6.27. The summed E-state index contributed by atoms with van der Waals surface area (Å²) in [5.74, 6) is -2.28. The molecule has 5 rings (SSSR count). The minimum atomic E-state index is -1.11. The summed E-state index contributed by atoms with van der Waals surface area (Å²) in [4.78, 5) is 54.5. The normalized spacial score (nSPS) is 28.6. The minimum Gasteiger partial charge on any atom is -0.468 e. The molecule has 0 bridgehead atoms. The molecule has 0 spiro atoms. The number of hydrogen-bond donors (Lipinski definition) is 0. The lowest BCUT2D eigenvalue weighted by molar-refractivity contribution is -0.163. The number of rotatable bonds is 4. The molecule has 2 aromatic rings. The van der Waals surface area contributed by atoms with Crippen LogP contribution in [0.5, 0.6) is 0 Å². The van der Waals surface area contributed by atoms with Crippen LogP contribution in [-0.2, 0) is 19.1 Å². The van der Waals surface area contributed by atoms with Gasteiger partial charge in [0.2, 0.25) is 11.8 Å². The third kappa shape index (κ3) is 3.06. The van der Waals surface area contributed by atoms with Gasteiger partial charge in [0.05, 0.1) is 18.9 Å². The van der Waals surface area contributed by atoms with E-state index in [4.69, 9.17) is 4.74 Å². The van der Waals surface area contributed by atoms with E-state index in [1.54, 1.807) is 6.92 Å². The Kier molecular flexibility index (Phi) is 5.40. The summed E-state index contributed by atoms with van der Waals surface area (Å²) in [6, 6.07) is 15.0. The molecule has 7 nitrogen and oxygen atoms in total. The zero-order chi connectivity index (χ0) is 24.2. The number of piperidine rings is 1. The standard InChI is InChI=1S/C27H28N2O5/c1-16(30)17-6-8-18(9-7-17)19-10-12-20(13-11-19)23-21-22(25(32)28(2)24(21)31)27(26(33)34-3)14-4-5-15-29(23)27/h6-13,21-23H,4-5,14-15H2,1-3H3/t21-,22-,23+,27-/m0/s1. The number of carbonyl (C=O) groups excluding carboxylic acids is 4. The van der Waals surface area contributed by atoms with E-state index in [0.29, 0.717) is 18.5 Å². The van der Waals surface area contributed by atoms with Gasteiger partial charge in [-0.15, -0.1) is 0 Å². The van der Waals surface area contributed by atoms with Crippen molar-refractivity contribution in [1.82, 2.24) is 9.80 Å². The number of fused-ring (bicyclic) bond motifs is 3. The van der Waals surface area contributed by atoms with E-state index < -0.39 is 23.3 Å². The largest absolute Gasteiger partial charge is 0.468 e. The zero-order valence-corrected chi connectivity index (χ0v) is 19.6. The maximum absolute atomic E-state index is 13.3. The van der Waals surface area contributed by atoms with Crippen molar-refractivity contribution >= 4 is 23.6 Å². The molecule has 0 unspecified atom stereocenters. The molecule has 4 atom stereocenters. The smallest absolute Gasteiger partial charge is 0.327 e. The van der Waals surface area contributed by atoms with Crippen LogP contribution in [0.1, 0.15) is 48.1 Å².